The molecule has 0 radical (unpaired) electrons. The molecule has 158 valence electrons. The van der Waals surface area contributed by atoms with Crippen LogP contribution in [-0.2, 0) is 11.3 Å². The van der Waals surface area contributed by atoms with Crippen molar-refractivity contribution >= 4 is 29.0 Å². The number of halogens is 1. The minimum Gasteiger partial charge on any atom is -0.383 e. The molecule has 2 aromatic rings. The van der Waals surface area contributed by atoms with Gasteiger partial charge in [-0.1, -0.05) is 12.1 Å². The number of quaternary nitrogens is 1. The molecule has 0 saturated carbocycles. The third-order valence-electron chi connectivity index (χ3n) is 3.99. The van der Waals surface area contributed by atoms with Gasteiger partial charge in [0.05, 0.1) is 46.0 Å². The van der Waals surface area contributed by atoms with Gasteiger partial charge in [-0.2, -0.15) is 0 Å². The molecule has 10 heteroatoms. The van der Waals surface area contributed by atoms with E-state index in [9.17, 15) is 14.0 Å². The maximum absolute atomic E-state index is 13.8. The number of hydrogen-bond acceptors (Lipinski definition) is 5. The van der Waals surface area contributed by atoms with Crippen LogP contribution in [0.4, 0.5) is 14.9 Å². The van der Waals surface area contributed by atoms with Gasteiger partial charge in [0, 0.05) is 19.0 Å². The molecular weight excluding hydrogens is 397 g/mol. The van der Waals surface area contributed by atoms with Crippen LogP contribution in [0.5, 0.6) is 0 Å². The topological polar surface area (TPSA) is 88.0 Å². The summed E-state index contributed by atoms with van der Waals surface area (Å²) >= 11 is 1.29. The number of carbonyl (C=O) groups is 2. The molecule has 1 aromatic carbocycles. The number of ether oxygens (including phenoxy) is 1. The fourth-order valence-electron chi connectivity index (χ4n) is 2.38. The lowest BCUT2D eigenvalue weighted by Crippen LogP contribution is -3.06. The largest absolute Gasteiger partial charge is 0.383 e. The number of likely N-dealkylation sites (N-methyl/N-ethyl adjacent to an activating group) is 1. The SMILES string of the molecule is COCCN(Cc1nc(C(=O)NCC[NH+](C)C)cs1)C(=O)Nc1ccccc1F. The summed E-state index contributed by atoms with van der Waals surface area (Å²) in [6.45, 7) is 2.16. The number of urea groups is 1. The Bertz CT molecular complexity index is 815. The van der Waals surface area contributed by atoms with E-state index in [1.807, 2.05) is 14.1 Å². The van der Waals surface area contributed by atoms with E-state index >= 15 is 0 Å². The molecule has 0 spiro atoms. The van der Waals surface area contributed by atoms with Gasteiger partial charge in [0.1, 0.15) is 16.5 Å². The van der Waals surface area contributed by atoms with E-state index in [1.165, 1.54) is 40.4 Å². The number of carbonyl (C=O) groups excluding carboxylic acids is 2. The summed E-state index contributed by atoms with van der Waals surface area (Å²) in [5.74, 6) is -0.756. The number of thiazole rings is 1. The predicted molar refractivity (Wildman–Crippen MR) is 110 cm³/mol. The normalized spacial score (nSPS) is 10.8. The van der Waals surface area contributed by atoms with Crippen molar-refractivity contribution in [1.29, 1.82) is 0 Å². The van der Waals surface area contributed by atoms with E-state index in [-0.39, 0.29) is 18.1 Å². The molecule has 8 nitrogen and oxygen atoms in total. The van der Waals surface area contributed by atoms with Gasteiger partial charge in [0.15, 0.2) is 0 Å². The zero-order valence-corrected chi connectivity index (χ0v) is 17.6. The van der Waals surface area contributed by atoms with Crippen molar-refractivity contribution in [2.75, 3.05) is 52.8 Å². The van der Waals surface area contributed by atoms with Gasteiger partial charge < -0.3 is 25.2 Å². The van der Waals surface area contributed by atoms with Crippen molar-refractivity contribution in [2.45, 2.75) is 6.54 Å². The van der Waals surface area contributed by atoms with Gasteiger partial charge in [0.25, 0.3) is 5.91 Å². The van der Waals surface area contributed by atoms with Crippen LogP contribution in [0.15, 0.2) is 29.6 Å². The van der Waals surface area contributed by atoms with Crippen LogP contribution in [0.3, 0.4) is 0 Å². The summed E-state index contributed by atoms with van der Waals surface area (Å²) in [7, 11) is 5.55. The summed E-state index contributed by atoms with van der Waals surface area (Å²) in [6.07, 6.45) is 0. The standard InChI is InChI=1S/C19H26FN5O3S/c1-24(2)9-8-21-18(26)16-13-29-17(22-16)12-25(10-11-28-3)19(27)23-15-7-5-4-6-14(15)20/h4-7,13H,8-12H2,1-3H3,(H,21,26)(H,23,27)/p+1. The first-order valence-corrected chi connectivity index (χ1v) is 10.1. The molecule has 0 unspecified atom stereocenters. The lowest BCUT2D eigenvalue weighted by Gasteiger charge is -2.22. The number of benzene rings is 1. The number of methoxy groups -OCH3 is 1. The molecule has 0 bridgehead atoms. The van der Waals surface area contributed by atoms with E-state index in [0.29, 0.717) is 30.4 Å². The molecule has 1 heterocycles. The highest BCUT2D eigenvalue weighted by Crippen LogP contribution is 2.16. The van der Waals surface area contributed by atoms with Crippen LogP contribution in [0.1, 0.15) is 15.5 Å². The minimum absolute atomic E-state index is 0.0992. The number of hydrogen-bond donors (Lipinski definition) is 3. The molecule has 0 aliphatic heterocycles. The molecule has 3 N–H and O–H groups in total. The molecule has 0 saturated heterocycles. The Morgan fingerprint density at radius 1 is 1.31 bits per heavy atom. The third-order valence-corrected chi connectivity index (χ3v) is 4.82. The van der Waals surface area contributed by atoms with E-state index in [2.05, 4.69) is 15.6 Å². The number of anilines is 1. The van der Waals surface area contributed by atoms with Gasteiger partial charge in [-0.05, 0) is 12.1 Å². The average Bonchev–Trinajstić information content (AvgIpc) is 3.15. The van der Waals surface area contributed by atoms with E-state index in [1.54, 1.807) is 17.5 Å². The van der Waals surface area contributed by atoms with Crippen LogP contribution in [0, 0.1) is 5.82 Å². The third kappa shape index (κ3) is 7.41. The summed E-state index contributed by atoms with van der Waals surface area (Å²) in [4.78, 5) is 31.8. The lowest BCUT2D eigenvalue weighted by atomic mass is 10.3. The summed E-state index contributed by atoms with van der Waals surface area (Å²) in [6, 6.07) is 5.49. The Kier molecular flexibility index (Phi) is 8.97. The first kappa shape index (κ1) is 22.7. The van der Waals surface area contributed by atoms with E-state index in [4.69, 9.17) is 4.74 Å². The Morgan fingerprint density at radius 3 is 2.76 bits per heavy atom. The maximum Gasteiger partial charge on any atom is 0.322 e. The number of amides is 3. The van der Waals surface area contributed by atoms with Crippen LogP contribution in [0.25, 0.3) is 0 Å². The van der Waals surface area contributed by atoms with Crippen molar-refractivity contribution < 1.29 is 23.6 Å². The number of para-hydroxylation sites is 1. The second kappa shape index (κ2) is 11.4. The summed E-state index contributed by atoms with van der Waals surface area (Å²) < 4.78 is 18.9. The molecule has 0 fully saturated rings. The van der Waals surface area contributed by atoms with Crippen molar-refractivity contribution in [2.24, 2.45) is 0 Å². The molecule has 1 aromatic heterocycles. The Balaban J connectivity index is 2.00. The van der Waals surface area contributed by atoms with Gasteiger partial charge >= 0.3 is 6.03 Å². The van der Waals surface area contributed by atoms with E-state index < -0.39 is 11.8 Å². The van der Waals surface area contributed by atoms with Crippen molar-refractivity contribution in [3.8, 4) is 0 Å². The fourth-order valence-corrected chi connectivity index (χ4v) is 3.17. The zero-order chi connectivity index (χ0) is 21.2. The highest BCUT2D eigenvalue weighted by atomic mass is 32.1. The molecule has 0 aliphatic rings. The monoisotopic (exact) mass is 424 g/mol. The number of rotatable bonds is 10. The summed E-state index contributed by atoms with van der Waals surface area (Å²) in [5.41, 5.74) is 0.419. The van der Waals surface area contributed by atoms with Crippen LogP contribution in [0.2, 0.25) is 0 Å². The molecule has 29 heavy (non-hydrogen) atoms. The van der Waals surface area contributed by atoms with Gasteiger partial charge in [-0.3, -0.25) is 4.79 Å². The van der Waals surface area contributed by atoms with E-state index in [0.717, 1.165) is 6.54 Å². The van der Waals surface area contributed by atoms with Gasteiger partial charge in [-0.25, -0.2) is 14.2 Å². The van der Waals surface area contributed by atoms with Crippen molar-refractivity contribution in [3.63, 3.8) is 0 Å². The van der Waals surface area contributed by atoms with Gasteiger partial charge in [-0.15, -0.1) is 11.3 Å². The van der Waals surface area contributed by atoms with Crippen molar-refractivity contribution in [1.82, 2.24) is 15.2 Å². The Labute approximate surface area is 173 Å². The lowest BCUT2D eigenvalue weighted by molar-refractivity contribution is -0.856. The second-order valence-corrected chi connectivity index (χ2v) is 7.61. The Hall–Kier alpha value is -2.56. The molecule has 2 rings (SSSR count). The second-order valence-electron chi connectivity index (χ2n) is 6.66. The fraction of sp³-hybridized carbons (Fsp3) is 0.421. The highest BCUT2D eigenvalue weighted by molar-refractivity contribution is 7.09. The highest BCUT2D eigenvalue weighted by Gasteiger charge is 2.18. The molecular formula is C19H27FN5O3S+. The van der Waals surface area contributed by atoms with Crippen LogP contribution >= 0.6 is 11.3 Å². The Morgan fingerprint density at radius 2 is 2.07 bits per heavy atom. The quantitative estimate of drug-likeness (QED) is 0.527. The smallest absolute Gasteiger partial charge is 0.322 e. The van der Waals surface area contributed by atoms with Crippen LogP contribution < -0.4 is 15.5 Å². The van der Waals surface area contributed by atoms with Gasteiger partial charge in [0.2, 0.25) is 0 Å². The first-order chi connectivity index (χ1) is 13.9. The van der Waals surface area contributed by atoms with Crippen molar-refractivity contribution in [3.05, 3.63) is 46.2 Å². The maximum atomic E-state index is 13.8. The molecule has 3 amide bonds. The number of nitrogens with zero attached hydrogens (tertiary/aromatic N) is 2. The predicted octanol–water partition coefficient (Wildman–Crippen LogP) is 0.837. The number of nitrogens with one attached hydrogen (secondary N) is 3. The average molecular weight is 425 g/mol. The zero-order valence-electron chi connectivity index (χ0n) is 16.8. The number of aromatic nitrogens is 1. The first-order valence-electron chi connectivity index (χ1n) is 9.21. The molecule has 0 atom stereocenters. The summed E-state index contributed by atoms with van der Waals surface area (Å²) in [5, 5.41) is 7.65. The molecule has 0 aliphatic carbocycles. The minimum atomic E-state index is -0.514. The van der Waals surface area contributed by atoms with Crippen LogP contribution in [-0.4, -0.2) is 69.3 Å².